The highest BCUT2D eigenvalue weighted by atomic mass is 32.3. The fourth-order valence-corrected chi connectivity index (χ4v) is 0. The van der Waals surface area contributed by atoms with Gasteiger partial charge in [-0.1, -0.05) is 0 Å². The summed E-state index contributed by atoms with van der Waals surface area (Å²) in [4.78, 5) is 0. The Bertz CT molecular complexity index is 96.9. The monoisotopic (exact) mass is 197 g/mol. The van der Waals surface area contributed by atoms with Crippen LogP contribution in [0.4, 0.5) is 0 Å². The topological polar surface area (TPSA) is 213 Å². The van der Waals surface area contributed by atoms with E-state index in [-0.39, 0.29) is 0 Å². The van der Waals surface area contributed by atoms with Gasteiger partial charge in [-0.2, -0.15) is 8.42 Å². The molecule has 0 fully saturated rings. The van der Waals surface area contributed by atoms with Crippen LogP contribution < -0.4 is 17.7 Å². The van der Waals surface area contributed by atoms with E-state index in [0.29, 0.717) is 0 Å². The summed E-state index contributed by atoms with van der Waals surface area (Å²) in [6, 6.07) is 0. The zero-order valence-corrected chi connectivity index (χ0v) is 6.01. The van der Waals surface area contributed by atoms with Crippen LogP contribution in [0.2, 0.25) is 0 Å². The minimum Gasteiger partial charge on any atom is -0.320 e. The third-order valence-electron chi connectivity index (χ3n) is 0. The minimum atomic E-state index is -4.67. The molecule has 0 unspecified atom stereocenters. The van der Waals surface area contributed by atoms with Crippen LogP contribution in [0.1, 0.15) is 0 Å². The molecule has 0 spiro atoms. The first kappa shape index (κ1) is 22.4. The smallest absolute Gasteiger partial charge is 0.320 e. The van der Waals surface area contributed by atoms with Gasteiger partial charge in [0, 0.05) is 0 Å². The average Bonchev–Trinajstić information content (AvgIpc) is 1.96. The van der Waals surface area contributed by atoms with Crippen LogP contribution in [-0.4, -0.2) is 33.1 Å². The van der Waals surface area contributed by atoms with Gasteiger partial charge >= 0.3 is 10.4 Å². The van der Waals surface area contributed by atoms with E-state index < -0.39 is 10.4 Å². The molecular formula is H11N3O7S. The normalized spacial score (nSPS) is 6.91. The first-order chi connectivity index (χ1) is 5.00. The molecule has 11 heteroatoms. The SMILES string of the molecule is NO.NO.NO.O=S(=O)(O)O. The molecule has 0 aromatic heterocycles. The van der Waals surface area contributed by atoms with Crippen molar-refractivity contribution >= 4 is 10.4 Å². The van der Waals surface area contributed by atoms with Gasteiger partial charge in [0.05, 0.1) is 0 Å². The highest BCUT2D eigenvalue weighted by Crippen LogP contribution is 1.59. The first-order valence-corrected chi connectivity index (χ1v) is 2.87. The molecule has 0 aliphatic heterocycles. The summed E-state index contributed by atoms with van der Waals surface area (Å²) in [5.41, 5.74) is 0. The van der Waals surface area contributed by atoms with E-state index in [9.17, 15) is 0 Å². The second-order valence-electron chi connectivity index (χ2n) is 0.448. The Kier molecular flexibility index (Phi) is 46.1. The largest absolute Gasteiger partial charge is 0.394 e. The molecule has 0 saturated carbocycles. The van der Waals surface area contributed by atoms with E-state index in [1.54, 1.807) is 0 Å². The molecule has 0 atom stereocenters. The van der Waals surface area contributed by atoms with E-state index >= 15 is 0 Å². The number of hydrogen-bond donors (Lipinski definition) is 8. The van der Waals surface area contributed by atoms with E-state index in [2.05, 4.69) is 17.7 Å². The van der Waals surface area contributed by atoms with Gasteiger partial charge in [-0.25, -0.2) is 17.7 Å². The third-order valence-corrected chi connectivity index (χ3v) is 0. The number of nitrogens with two attached hydrogens (primary N) is 3. The van der Waals surface area contributed by atoms with Crippen molar-refractivity contribution in [3.05, 3.63) is 0 Å². The lowest BCUT2D eigenvalue weighted by Gasteiger charge is -1.68. The van der Waals surface area contributed by atoms with Crippen molar-refractivity contribution in [1.29, 1.82) is 0 Å². The van der Waals surface area contributed by atoms with Gasteiger partial charge in [0.1, 0.15) is 0 Å². The highest BCUT2D eigenvalue weighted by molar-refractivity contribution is 7.79. The van der Waals surface area contributed by atoms with Crippen LogP contribution in [0.25, 0.3) is 0 Å². The Morgan fingerprint density at radius 1 is 0.727 bits per heavy atom. The predicted molar refractivity (Wildman–Crippen MR) is 32.1 cm³/mol. The maximum absolute atomic E-state index is 8.74. The standard InChI is InChI=1S/3H3NO.H2O4S/c3*1-2;1-5(2,3)4/h3*2H,1H2;(H2,1,2,3,4). The predicted octanol–water partition coefficient (Wildman–Crippen LogP) is -2.65. The molecule has 10 nitrogen and oxygen atoms in total. The molecule has 0 bridgehead atoms. The van der Waals surface area contributed by atoms with Crippen LogP contribution in [0.5, 0.6) is 0 Å². The highest BCUT2D eigenvalue weighted by Gasteiger charge is 1.84. The van der Waals surface area contributed by atoms with Crippen molar-refractivity contribution in [3.63, 3.8) is 0 Å². The van der Waals surface area contributed by atoms with Gasteiger partial charge in [0.2, 0.25) is 0 Å². The van der Waals surface area contributed by atoms with Gasteiger partial charge in [-0.15, -0.1) is 0 Å². The third kappa shape index (κ3) is 4100. The fraction of sp³-hybridized carbons (Fsp3) is 0. The van der Waals surface area contributed by atoms with Crippen molar-refractivity contribution in [3.8, 4) is 0 Å². The molecule has 0 aliphatic carbocycles. The van der Waals surface area contributed by atoms with Gasteiger partial charge in [-0.05, 0) is 0 Å². The molecule has 0 saturated heterocycles. The van der Waals surface area contributed by atoms with E-state index in [4.69, 9.17) is 33.1 Å². The Morgan fingerprint density at radius 2 is 0.727 bits per heavy atom. The summed E-state index contributed by atoms with van der Waals surface area (Å²) in [6.45, 7) is 0. The summed E-state index contributed by atoms with van der Waals surface area (Å²) < 4.78 is 31.6. The van der Waals surface area contributed by atoms with Crippen molar-refractivity contribution in [2.75, 3.05) is 0 Å². The molecule has 0 radical (unpaired) electrons. The van der Waals surface area contributed by atoms with E-state index in [1.807, 2.05) is 0 Å². The summed E-state index contributed by atoms with van der Waals surface area (Å²) in [5.74, 6) is 10.5. The van der Waals surface area contributed by atoms with Gasteiger partial charge in [-0.3, -0.25) is 9.11 Å². The quantitative estimate of drug-likeness (QED) is 0.149. The van der Waals surface area contributed by atoms with Gasteiger partial charge in [0.15, 0.2) is 0 Å². The molecule has 11 heavy (non-hydrogen) atoms. The average molecular weight is 197 g/mol. The van der Waals surface area contributed by atoms with Gasteiger partial charge in [0.25, 0.3) is 0 Å². The lowest BCUT2D eigenvalue weighted by Crippen LogP contribution is -1.89. The van der Waals surface area contributed by atoms with Crippen LogP contribution >= 0.6 is 0 Å². The molecule has 0 amide bonds. The van der Waals surface area contributed by atoms with Crippen LogP contribution in [0.3, 0.4) is 0 Å². The second kappa shape index (κ2) is 22.6. The fourth-order valence-electron chi connectivity index (χ4n) is 0. The first-order valence-electron chi connectivity index (χ1n) is 1.47. The Morgan fingerprint density at radius 3 is 0.727 bits per heavy atom. The molecule has 0 heterocycles. The second-order valence-corrected chi connectivity index (χ2v) is 1.34. The molecule has 11 N–H and O–H groups in total. The molecule has 0 aromatic carbocycles. The molecule has 0 rings (SSSR count). The van der Waals surface area contributed by atoms with E-state index in [0.717, 1.165) is 0 Å². The van der Waals surface area contributed by atoms with Crippen molar-refractivity contribution < 1.29 is 33.1 Å². The van der Waals surface area contributed by atoms with Crippen molar-refractivity contribution in [2.45, 2.75) is 0 Å². The summed E-state index contributed by atoms with van der Waals surface area (Å²) in [5, 5.41) is 19.5. The van der Waals surface area contributed by atoms with Crippen molar-refractivity contribution in [2.24, 2.45) is 17.7 Å². The lowest BCUT2D eigenvalue weighted by molar-refractivity contribution is 0.311. The van der Waals surface area contributed by atoms with Crippen LogP contribution in [0.15, 0.2) is 0 Å². The molecule has 0 aliphatic rings. The molecule has 0 aromatic rings. The Labute approximate surface area is 62.3 Å². The summed E-state index contributed by atoms with van der Waals surface area (Å²) in [6.07, 6.45) is 0. The zero-order valence-electron chi connectivity index (χ0n) is 5.19. The number of hydrogen-bond acceptors (Lipinski definition) is 8. The molecule has 74 valence electrons. The van der Waals surface area contributed by atoms with E-state index in [1.165, 1.54) is 0 Å². The Balaban J connectivity index is -0.0000000350. The van der Waals surface area contributed by atoms with Crippen molar-refractivity contribution in [1.82, 2.24) is 0 Å². The maximum atomic E-state index is 8.74. The van der Waals surface area contributed by atoms with Gasteiger partial charge < -0.3 is 15.6 Å². The van der Waals surface area contributed by atoms with Crippen LogP contribution in [0, 0.1) is 0 Å². The molecular weight excluding hydrogens is 186 g/mol. The number of rotatable bonds is 0. The minimum absolute atomic E-state index is 3.50. The van der Waals surface area contributed by atoms with Crippen LogP contribution in [-0.2, 0) is 10.4 Å². The Hall–Kier alpha value is -0.370. The zero-order chi connectivity index (χ0) is 10.5. The summed E-state index contributed by atoms with van der Waals surface area (Å²) in [7, 11) is -4.67. The summed E-state index contributed by atoms with van der Waals surface area (Å²) >= 11 is 0. The lowest BCUT2D eigenvalue weighted by atomic mass is 13.6. The maximum Gasteiger partial charge on any atom is 0.394 e.